The van der Waals surface area contributed by atoms with Gasteiger partial charge in [-0.2, -0.15) is 0 Å². The van der Waals surface area contributed by atoms with Crippen LogP contribution in [0.4, 0.5) is 0 Å². The van der Waals surface area contributed by atoms with Crippen molar-refractivity contribution >= 4 is 11.3 Å². The summed E-state index contributed by atoms with van der Waals surface area (Å²) in [5.74, 6) is 2.06. The van der Waals surface area contributed by atoms with Crippen LogP contribution in [0.1, 0.15) is 62.9 Å². The van der Waals surface area contributed by atoms with Crippen LogP contribution in [0.2, 0.25) is 0 Å². The van der Waals surface area contributed by atoms with Crippen LogP contribution in [0.25, 0.3) is 0 Å². The second kappa shape index (κ2) is 6.75. The number of aromatic nitrogens is 1. The summed E-state index contributed by atoms with van der Waals surface area (Å²) in [6, 6.07) is 4.36. The van der Waals surface area contributed by atoms with E-state index in [0.717, 1.165) is 30.9 Å². The van der Waals surface area contributed by atoms with Crippen molar-refractivity contribution in [1.82, 2.24) is 10.3 Å². The monoisotopic (exact) mass is 306 g/mol. The van der Waals surface area contributed by atoms with Gasteiger partial charge in [0.05, 0.1) is 16.7 Å². The highest BCUT2D eigenvalue weighted by atomic mass is 32.1. The van der Waals surface area contributed by atoms with Crippen LogP contribution in [0.3, 0.4) is 0 Å². The van der Waals surface area contributed by atoms with Gasteiger partial charge in [-0.1, -0.05) is 34.6 Å². The zero-order chi connectivity index (χ0) is 15.5. The number of hydrogen-bond donors (Lipinski definition) is 1. The van der Waals surface area contributed by atoms with Crippen LogP contribution in [-0.2, 0) is 18.3 Å². The Bertz CT molecular complexity index is 565. The Balaban J connectivity index is 2.14. The van der Waals surface area contributed by atoms with E-state index in [2.05, 4.69) is 57.4 Å². The number of likely N-dealkylation sites (N-methyl/N-ethyl adjacent to an activating group) is 1. The van der Waals surface area contributed by atoms with Gasteiger partial charge < -0.3 is 9.73 Å². The van der Waals surface area contributed by atoms with Crippen molar-refractivity contribution in [1.29, 1.82) is 0 Å². The highest BCUT2D eigenvalue weighted by Gasteiger charge is 2.21. The van der Waals surface area contributed by atoms with Gasteiger partial charge >= 0.3 is 0 Å². The van der Waals surface area contributed by atoms with E-state index in [0.29, 0.717) is 0 Å². The maximum Gasteiger partial charge on any atom is 0.121 e. The Labute approximate surface area is 131 Å². The molecular weight excluding hydrogens is 280 g/mol. The number of rotatable bonds is 6. The van der Waals surface area contributed by atoms with E-state index >= 15 is 0 Å². The second-order valence-electron chi connectivity index (χ2n) is 6.35. The molecule has 0 bridgehead atoms. The van der Waals surface area contributed by atoms with E-state index in [1.807, 2.05) is 0 Å². The molecule has 0 aliphatic heterocycles. The smallest absolute Gasteiger partial charge is 0.121 e. The molecule has 0 saturated heterocycles. The van der Waals surface area contributed by atoms with Gasteiger partial charge in [-0.05, 0) is 18.7 Å². The summed E-state index contributed by atoms with van der Waals surface area (Å²) >= 11 is 1.75. The minimum absolute atomic E-state index is 0.114. The summed E-state index contributed by atoms with van der Waals surface area (Å²) < 4.78 is 5.91. The van der Waals surface area contributed by atoms with E-state index in [9.17, 15) is 0 Å². The molecular formula is C17H26N2OS. The summed E-state index contributed by atoms with van der Waals surface area (Å²) in [6.45, 7) is 11.8. The first-order valence-electron chi connectivity index (χ1n) is 7.71. The summed E-state index contributed by atoms with van der Waals surface area (Å²) in [7, 11) is 0. The minimum Gasteiger partial charge on any atom is -0.464 e. The van der Waals surface area contributed by atoms with Gasteiger partial charge in [0.1, 0.15) is 11.5 Å². The molecule has 4 heteroatoms. The Hall–Kier alpha value is -1.13. The van der Waals surface area contributed by atoms with Crippen molar-refractivity contribution in [2.75, 3.05) is 6.54 Å². The van der Waals surface area contributed by atoms with Crippen LogP contribution in [0.15, 0.2) is 21.9 Å². The van der Waals surface area contributed by atoms with Crippen LogP contribution in [-0.4, -0.2) is 11.5 Å². The van der Waals surface area contributed by atoms with Gasteiger partial charge in [-0.3, -0.25) is 0 Å². The molecule has 2 rings (SSSR count). The second-order valence-corrected chi connectivity index (χ2v) is 7.29. The maximum atomic E-state index is 5.91. The Kier molecular flexibility index (Phi) is 5.22. The lowest BCUT2D eigenvalue weighted by atomic mass is 9.93. The number of thiazole rings is 1. The molecule has 2 aromatic rings. The molecule has 0 radical (unpaired) electrons. The number of furan rings is 1. The fraction of sp³-hybridized carbons (Fsp3) is 0.588. The average Bonchev–Trinajstić information content (AvgIpc) is 3.06. The standard InChI is InChI=1S/C17H26N2OS/c1-6-12-8-9-14(20-12)13(18-7-2)10-16-19-15(11-21-16)17(3,4)5/h8-9,11,13,18H,6-7,10H2,1-5H3. The molecule has 3 nitrogen and oxygen atoms in total. The van der Waals surface area contributed by atoms with Crippen LogP contribution >= 0.6 is 11.3 Å². The first-order valence-corrected chi connectivity index (χ1v) is 8.58. The Morgan fingerprint density at radius 1 is 1.29 bits per heavy atom. The van der Waals surface area contributed by atoms with Crippen molar-refractivity contribution in [3.05, 3.63) is 39.7 Å². The normalized spacial score (nSPS) is 13.6. The number of aryl methyl sites for hydroxylation is 1. The molecule has 0 aliphatic rings. The average molecular weight is 306 g/mol. The molecule has 2 aromatic heterocycles. The van der Waals surface area contributed by atoms with Crippen molar-refractivity contribution in [3.8, 4) is 0 Å². The van der Waals surface area contributed by atoms with Crippen LogP contribution in [0.5, 0.6) is 0 Å². The van der Waals surface area contributed by atoms with Crippen molar-refractivity contribution < 1.29 is 4.42 Å². The first-order chi connectivity index (χ1) is 9.94. The quantitative estimate of drug-likeness (QED) is 0.854. The molecule has 1 unspecified atom stereocenters. The van der Waals surface area contributed by atoms with Crippen LogP contribution < -0.4 is 5.32 Å². The summed E-state index contributed by atoms with van der Waals surface area (Å²) in [5, 5.41) is 6.85. The third-order valence-corrected chi connectivity index (χ3v) is 4.39. The van der Waals surface area contributed by atoms with Gasteiger partial charge in [-0.15, -0.1) is 11.3 Å². The SMILES string of the molecule is CCNC(Cc1nc(C(C)(C)C)cs1)c1ccc(CC)o1. The molecule has 0 saturated carbocycles. The van der Waals surface area contributed by atoms with Crippen molar-refractivity contribution in [3.63, 3.8) is 0 Å². The van der Waals surface area contributed by atoms with Gasteiger partial charge in [0.15, 0.2) is 0 Å². The van der Waals surface area contributed by atoms with Crippen LogP contribution in [0, 0.1) is 0 Å². The first kappa shape index (κ1) is 16.2. The molecule has 0 amide bonds. The van der Waals surface area contributed by atoms with Gasteiger partial charge in [-0.25, -0.2) is 4.98 Å². The lowest BCUT2D eigenvalue weighted by Crippen LogP contribution is -2.22. The fourth-order valence-electron chi connectivity index (χ4n) is 2.22. The topological polar surface area (TPSA) is 38.1 Å². The molecule has 0 spiro atoms. The molecule has 2 heterocycles. The molecule has 1 atom stereocenters. The number of hydrogen-bond acceptors (Lipinski definition) is 4. The van der Waals surface area contributed by atoms with Gasteiger partial charge in [0.2, 0.25) is 0 Å². The highest BCUT2D eigenvalue weighted by Crippen LogP contribution is 2.27. The largest absolute Gasteiger partial charge is 0.464 e. The fourth-order valence-corrected chi connectivity index (χ4v) is 3.28. The third kappa shape index (κ3) is 4.17. The third-order valence-electron chi connectivity index (χ3n) is 3.52. The molecule has 1 N–H and O–H groups in total. The molecule has 116 valence electrons. The summed E-state index contributed by atoms with van der Waals surface area (Å²) in [5.41, 5.74) is 1.29. The molecule has 0 fully saturated rings. The Morgan fingerprint density at radius 3 is 2.57 bits per heavy atom. The molecule has 21 heavy (non-hydrogen) atoms. The lowest BCUT2D eigenvalue weighted by Gasteiger charge is -2.15. The van der Waals surface area contributed by atoms with E-state index in [1.54, 1.807) is 11.3 Å². The molecule has 0 aliphatic carbocycles. The van der Waals surface area contributed by atoms with E-state index < -0.39 is 0 Å². The van der Waals surface area contributed by atoms with E-state index in [1.165, 1.54) is 10.7 Å². The molecule has 0 aromatic carbocycles. The van der Waals surface area contributed by atoms with E-state index in [4.69, 9.17) is 9.40 Å². The van der Waals surface area contributed by atoms with Gasteiger partial charge in [0, 0.05) is 23.6 Å². The van der Waals surface area contributed by atoms with Crippen molar-refractivity contribution in [2.45, 2.75) is 58.9 Å². The van der Waals surface area contributed by atoms with Gasteiger partial charge in [0.25, 0.3) is 0 Å². The number of nitrogens with one attached hydrogen (secondary N) is 1. The predicted molar refractivity (Wildman–Crippen MR) is 89.0 cm³/mol. The van der Waals surface area contributed by atoms with Crippen molar-refractivity contribution in [2.24, 2.45) is 0 Å². The predicted octanol–water partition coefficient (Wildman–Crippen LogP) is 4.49. The number of nitrogens with zero attached hydrogens (tertiary/aromatic N) is 1. The lowest BCUT2D eigenvalue weighted by molar-refractivity contribution is 0.396. The Morgan fingerprint density at radius 2 is 2.05 bits per heavy atom. The zero-order valence-electron chi connectivity index (χ0n) is 13.7. The minimum atomic E-state index is 0.114. The summed E-state index contributed by atoms with van der Waals surface area (Å²) in [6.07, 6.45) is 1.82. The zero-order valence-corrected chi connectivity index (χ0v) is 14.5. The maximum absolute atomic E-state index is 5.91. The van der Waals surface area contributed by atoms with E-state index in [-0.39, 0.29) is 11.5 Å². The summed E-state index contributed by atoms with van der Waals surface area (Å²) in [4.78, 5) is 4.79. The highest BCUT2D eigenvalue weighted by molar-refractivity contribution is 7.09.